The number of hydrogen-bond donors (Lipinski definition) is 3. The van der Waals surface area contributed by atoms with Crippen molar-refractivity contribution in [1.82, 2.24) is 4.57 Å². The molecule has 5 nitrogen and oxygen atoms in total. The Morgan fingerprint density at radius 3 is 2.57 bits per heavy atom. The molecule has 3 N–H and O–H groups in total. The van der Waals surface area contributed by atoms with E-state index < -0.39 is 24.4 Å². The van der Waals surface area contributed by atoms with Gasteiger partial charge in [-0.15, -0.1) is 0 Å². The van der Waals surface area contributed by atoms with Gasteiger partial charge in [-0.3, -0.25) is 0 Å². The Morgan fingerprint density at radius 1 is 1.17 bits per heavy atom. The smallest absolute Gasteiger partial charge is 0.113 e. The van der Waals surface area contributed by atoms with Crippen molar-refractivity contribution in [3.8, 4) is 0 Å². The molecule has 0 bridgehead atoms. The number of hydrogen-bond acceptors (Lipinski definition) is 4. The molecule has 1 saturated heterocycles. The number of aliphatic hydroxyl groups is 3. The van der Waals surface area contributed by atoms with Crippen molar-refractivity contribution >= 4 is 22.5 Å². The van der Waals surface area contributed by atoms with Crippen LogP contribution in [0, 0.1) is 6.92 Å². The number of ether oxygens (including phenoxy) is 1. The van der Waals surface area contributed by atoms with Gasteiger partial charge in [-0.25, -0.2) is 0 Å². The van der Waals surface area contributed by atoms with Gasteiger partial charge in [0, 0.05) is 30.1 Å². The second kappa shape index (κ2) is 8.85. The number of halogens is 1. The number of fused-ring (bicyclic) bond motifs is 1. The quantitative estimate of drug-likeness (QED) is 0.663. The molecule has 1 unspecified atom stereocenters. The number of aliphatic hydroxyl groups excluding tert-OH is 3. The molecule has 2 heterocycles. The molecule has 162 valence electrons. The van der Waals surface area contributed by atoms with Crippen molar-refractivity contribution in [2.75, 3.05) is 6.61 Å². The first kappa shape index (κ1) is 21.6. The van der Waals surface area contributed by atoms with E-state index in [1.807, 2.05) is 25.3 Å². The molecule has 0 radical (unpaired) electrons. The standard InChI is InChI=1S/C24H30ClNO4/c1-3-15-4-6-16(7-5-15)11-26-12-19(18-8-14(2)9-20(25)22(18)26)24-23(29)21(28)10-17(13-27)30-24/h4,6,8-9,12,17,21,23-24,27-29H,3,5,7,10-11,13H2,1-2H3/t17-,21-,23?,24-/m0/s1. The third kappa shape index (κ3) is 4.10. The van der Waals surface area contributed by atoms with Gasteiger partial charge in [0.2, 0.25) is 0 Å². The van der Waals surface area contributed by atoms with Crippen LogP contribution in [0.15, 0.2) is 41.6 Å². The number of rotatable bonds is 5. The van der Waals surface area contributed by atoms with Crippen LogP contribution in [0.3, 0.4) is 0 Å². The zero-order valence-electron chi connectivity index (χ0n) is 17.5. The largest absolute Gasteiger partial charge is 0.394 e. The molecule has 0 amide bonds. The van der Waals surface area contributed by atoms with Crippen molar-refractivity contribution in [3.05, 3.63) is 57.8 Å². The fourth-order valence-corrected chi connectivity index (χ4v) is 4.98. The summed E-state index contributed by atoms with van der Waals surface area (Å²) >= 11 is 6.66. The SMILES string of the molecule is CCC1=CC=C(Cn2cc([C@@H]3O[C@H](CO)C[C@H](O)C3O)c3cc(C)cc(Cl)c32)CC1. The first-order valence-electron chi connectivity index (χ1n) is 10.7. The molecule has 4 rings (SSSR count). The third-order valence-electron chi connectivity index (χ3n) is 6.31. The lowest BCUT2D eigenvalue weighted by atomic mass is 9.93. The van der Waals surface area contributed by atoms with Crippen LogP contribution in [-0.2, 0) is 11.3 Å². The van der Waals surface area contributed by atoms with Gasteiger partial charge in [-0.2, -0.15) is 0 Å². The van der Waals surface area contributed by atoms with Gasteiger partial charge in [0.05, 0.1) is 29.4 Å². The molecule has 2 aliphatic rings. The van der Waals surface area contributed by atoms with Gasteiger partial charge >= 0.3 is 0 Å². The Hall–Kier alpha value is -1.63. The molecule has 1 aliphatic heterocycles. The van der Waals surface area contributed by atoms with Crippen molar-refractivity contribution < 1.29 is 20.1 Å². The van der Waals surface area contributed by atoms with E-state index in [4.69, 9.17) is 16.3 Å². The van der Waals surface area contributed by atoms with Crippen LogP contribution in [0.2, 0.25) is 5.02 Å². The van der Waals surface area contributed by atoms with E-state index in [1.54, 1.807) is 0 Å². The molecular weight excluding hydrogens is 402 g/mol. The summed E-state index contributed by atoms with van der Waals surface area (Å²) in [7, 11) is 0. The average molecular weight is 432 g/mol. The molecule has 1 aliphatic carbocycles. The first-order valence-corrected chi connectivity index (χ1v) is 11.1. The van der Waals surface area contributed by atoms with E-state index in [0.29, 0.717) is 11.6 Å². The normalized spacial score (nSPS) is 27.3. The summed E-state index contributed by atoms with van der Waals surface area (Å²) in [6.07, 6.45) is 6.56. The summed E-state index contributed by atoms with van der Waals surface area (Å²) in [6.45, 7) is 4.68. The molecule has 30 heavy (non-hydrogen) atoms. The van der Waals surface area contributed by atoms with E-state index in [2.05, 4.69) is 23.6 Å². The molecule has 4 atom stereocenters. The van der Waals surface area contributed by atoms with Gasteiger partial charge in [0.1, 0.15) is 12.2 Å². The minimum atomic E-state index is -1.06. The molecule has 1 fully saturated rings. The van der Waals surface area contributed by atoms with E-state index in [1.165, 1.54) is 11.1 Å². The van der Waals surface area contributed by atoms with E-state index >= 15 is 0 Å². The van der Waals surface area contributed by atoms with Crippen LogP contribution < -0.4 is 0 Å². The van der Waals surface area contributed by atoms with Crippen molar-refractivity contribution in [2.45, 2.75) is 70.5 Å². The Labute approximate surface area is 182 Å². The molecule has 1 aromatic carbocycles. The number of aromatic nitrogens is 1. The van der Waals surface area contributed by atoms with E-state index in [0.717, 1.165) is 41.3 Å². The summed E-state index contributed by atoms with van der Waals surface area (Å²) in [5.74, 6) is 0. The van der Waals surface area contributed by atoms with Gasteiger partial charge in [-0.05, 0) is 43.9 Å². The molecular formula is C24H30ClNO4. The fraction of sp³-hybridized carbons (Fsp3) is 0.500. The molecule has 1 aromatic heterocycles. The maximum atomic E-state index is 10.7. The highest BCUT2D eigenvalue weighted by Crippen LogP contribution is 2.39. The van der Waals surface area contributed by atoms with Gasteiger partial charge in [0.25, 0.3) is 0 Å². The van der Waals surface area contributed by atoms with Crippen LogP contribution in [0.5, 0.6) is 0 Å². The minimum absolute atomic E-state index is 0.197. The highest BCUT2D eigenvalue weighted by Gasteiger charge is 2.39. The zero-order valence-corrected chi connectivity index (χ0v) is 18.3. The lowest BCUT2D eigenvalue weighted by molar-refractivity contribution is -0.179. The highest BCUT2D eigenvalue weighted by atomic mass is 35.5. The average Bonchev–Trinajstić information content (AvgIpc) is 3.08. The van der Waals surface area contributed by atoms with E-state index in [9.17, 15) is 15.3 Å². The lowest BCUT2D eigenvalue weighted by Crippen LogP contribution is -2.44. The molecule has 0 saturated carbocycles. The van der Waals surface area contributed by atoms with Gasteiger partial charge in [0.15, 0.2) is 0 Å². The monoisotopic (exact) mass is 431 g/mol. The summed E-state index contributed by atoms with van der Waals surface area (Å²) < 4.78 is 8.10. The maximum Gasteiger partial charge on any atom is 0.113 e. The Morgan fingerprint density at radius 2 is 1.90 bits per heavy atom. The predicted molar refractivity (Wildman–Crippen MR) is 119 cm³/mol. The molecule has 0 spiro atoms. The predicted octanol–water partition coefficient (Wildman–Crippen LogP) is 4.20. The summed E-state index contributed by atoms with van der Waals surface area (Å²) in [5.41, 5.74) is 5.50. The Bertz CT molecular complexity index is 993. The number of allylic oxidation sites excluding steroid dienone is 4. The van der Waals surface area contributed by atoms with Gasteiger partial charge < -0.3 is 24.6 Å². The third-order valence-corrected chi connectivity index (χ3v) is 6.60. The summed E-state index contributed by atoms with van der Waals surface area (Å²) in [6, 6.07) is 3.99. The lowest BCUT2D eigenvalue weighted by Gasteiger charge is -2.36. The first-order chi connectivity index (χ1) is 14.4. The van der Waals surface area contributed by atoms with Crippen molar-refractivity contribution in [2.24, 2.45) is 0 Å². The van der Waals surface area contributed by atoms with Crippen LogP contribution >= 0.6 is 11.6 Å². The van der Waals surface area contributed by atoms with Crippen LogP contribution in [-0.4, -0.2) is 44.8 Å². The van der Waals surface area contributed by atoms with Gasteiger partial charge in [-0.1, -0.05) is 41.8 Å². The maximum absolute atomic E-state index is 10.7. The second-order valence-electron chi connectivity index (χ2n) is 8.51. The fourth-order valence-electron chi connectivity index (χ4n) is 4.60. The Balaban J connectivity index is 1.77. The summed E-state index contributed by atoms with van der Waals surface area (Å²) in [5, 5.41) is 32.1. The van der Waals surface area contributed by atoms with Crippen LogP contribution in [0.1, 0.15) is 49.8 Å². The van der Waals surface area contributed by atoms with Crippen LogP contribution in [0.4, 0.5) is 0 Å². The van der Waals surface area contributed by atoms with Crippen LogP contribution in [0.25, 0.3) is 10.9 Å². The topological polar surface area (TPSA) is 74.9 Å². The molecule has 2 aromatic rings. The molecule has 6 heteroatoms. The zero-order chi connectivity index (χ0) is 21.4. The second-order valence-corrected chi connectivity index (χ2v) is 8.92. The minimum Gasteiger partial charge on any atom is -0.394 e. The summed E-state index contributed by atoms with van der Waals surface area (Å²) in [4.78, 5) is 0. The Kier molecular flexibility index (Phi) is 6.37. The van der Waals surface area contributed by atoms with Crippen molar-refractivity contribution in [3.63, 3.8) is 0 Å². The number of benzene rings is 1. The number of nitrogens with zero attached hydrogens (tertiary/aromatic N) is 1. The number of aryl methyl sites for hydroxylation is 1. The highest BCUT2D eigenvalue weighted by molar-refractivity contribution is 6.35. The van der Waals surface area contributed by atoms with Crippen molar-refractivity contribution in [1.29, 1.82) is 0 Å². The van der Waals surface area contributed by atoms with E-state index in [-0.39, 0.29) is 13.0 Å².